The molecular formula is C14H25N3O3S. The molecule has 2 rings (SSSR count). The Morgan fingerprint density at radius 3 is 2.52 bits per heavy atom. The van der Waals surface area contributed by atoms with Crippen molar-refractivity contribution in [1.82, 2.24) is 14.5 Å². The van der Waals surface area contributed by atoms with Crippen LogP contribution in [0.2, 0.25) is 0 Å². The quantitative estimate of drug-likeness (QED) is 0.874. The van der Waals surface area contributed by atoms with Gasteiger partial charge >= 0.3 is 0 Å². The van der Waals surface area contributed by atoms with Crippen LogP contribution < -0.4 is 0 Å². The Kier molecular flexibility index (Phi) is 5.06. The Morgan fingerprint density at radius 2 is 2.00 bits per heavy atom. The van der Waals surface area contributed by atoms with Crippen molar-refractivity contribution in [3.63, 3.8) is 0 Å². The molecule has 0 bridgehead atoms. The molecule has 1 fully saturated rings. The minimum absolute atomic E-state index is 0.156. The second-order valence-electron chi connectivity index (χ2n) is 6.32. The lowest BCUT2D eigenvalue weighted by molar-refractivity contribution is 0.0779. The summed E-state index contributed by atoms with van der Waals surface area (Å²) in [5.41, 5.74) is 0.931. The van der Waals surface area contributed by atoms with Crippen LogP contribution in [0.5, 0.6) is 0 Å². The van der Waals surface area contributed by atoms with Crippen molar-refractivity contribution < 1.29 is 13.5 Å². The summed E-state index contributed by atoms with van der Waals surface area (Å²) in [4.78, 5) is 6.36. The molecule has 0 atom stereocenters. The minimum Gasteiger partial charge on any atom is -0.393 e. The molecule has 1 aliphatic heterocycles. The first-order valence-electron chi connectivity index (χ1n) is 7.42. The molecule has 21 heavy (non-hydrogen) atoms. The summed E-state index contributed by atoms with van der Waals surface area (Å²) in [6.45, 7) is 7.13. The molecule has 0 aromatic carbocycles. The van der Waals surface area contributed by atoms with Crippen molar-refractivity contribution in [3.8, 4) is 0 Å². The van der Waals surface area contributed by atoms with Gasteiger partial charge in [-0.1, -0.05) is 13.8 Å². The Labute approximate surface area is 126 Å². The zero-order valence-corrected chi connectivity index (χ0v) is 13.8. The second kappa shape index (κ2) is 6.46. The topological polar surface area (TPSA) is 75.4 Å². The molecule has 1 saturated heterocycles. The first-order valence-corrected chi connectivity index (χ1v) is 9.31. The Hall–Kier alpha value is -0.920. The summed E-state index contributed by atoms with van der Waals surface area (Å²) in [5.74, 6) is 0.349. The highest BCUT2D eigenvalue weighted by molar-refractivity contribution is 7.90. The number of imidazole rings is 1. The van der Waals surface area contributed by atoms with Crippen LogP contribution in [0.3, 0.4) is 0 Å². The lowest BCUT2D eigenvalue weighted by Gasteiger charge is -2.29. The van der Waals surface area contributed by atoms with Gasteiger partial charge < -0.3 is 9.67 Å². The van der Waals surface area contributed by atoms with Gasteiger partial charge in [0, 0.05) is 32.4 Å². The van der Waals surface area contributed by atoms with E-state index in [0.29, 0.717) is 19.0 Å². The Morgan fingerprint density at radius 1 is 1.38 bits per heavy atom. The fourth-order valence-corrected chi connectivity index (χ4v) is 3.52. The lowest BCUT2D eigenvalue weighted by atomic mass is 10.1. The van der Waals surface area contributed by atoms with E-state index in [4.69, 9.17) is 0 Å². The molecule has 120 valence electrons. The lowest BCUT2D eigenvalue weighted by Crippen LogP contribution is -2.36. The third kappa shape index (κ3) is 4.28. The average molecular weight is 315 g/mol. The number of nitrogens with zero attached hydrogens (tertiary/aromatic N) is 3. The van der Waals surface area contributed by atoms with Crippen LogP contribution in [-0.2, 0) is 22.9 Å². The van der Waals surface area contributed by atoms with Gasteiger partial charge in [0.15, 0.2) is 0 Å². The second-order valence-corrected chi connectivity index (χ2v) is 8.23. The molecule has 0 saturated carbocycles. The highest BCUT2D eigenvalue weighted by Gasteiger charge is 2.22. The van der Waals surface area contributed by atoms with Crippen molar-refractivity contribution >= 4 is 9.84 Å². The zero-order valence-electron chi connectivity index (χ0n) is 13.0. The molecule has 1 N–H and O–H groups in total. The van der Waals surface area contributed by atoms with Crippen LogP contribution in [0.25, 0.3) is 0 Å². The van der Waals surface area contributed by atoms with Crippen molar-refractivity contribution in [2.75, 3.05) is 19.3 Å². The van der Waals surface area contributed by atoms with E-state index in [1.807, 2.05) is 4.57 Å². The van der Waals surface area contributed by atoms with E-state index in [1.54, 1.807) is 6.20 Å². The van der Waals surface area contributed by atoms with Gasteiger partial charge in [0.2, 0.25) is 15.0 Å². The van der Waals surface area contributed by atoms with Crippen molar-refractivity contribution in [3.05, 3.63) is 11.9 Å². The van der Waals surface area contributed by atoms with Crippen LogP contribution in [0.1, 0.15) is 32.4 Å². The summed E-state index contributed by atoms with van der Waals surface area (Å²) in [6.07, 6.45) is 4.22. The van der Waals surface area contributed by atoms with Crippen LogP contribution in [0, 0.1) is 5.92 Å². The zero-order chi connectivity index (χ0) is 15.6. The van der Waals surface area contributed by atoms with Gasteiger partial charge in [-0.15, -0.1) is 0 Å². The molecule has 0 aliphatic carbocycles. The predicted octanol–water partition coefficient (Wildman–Crippen LogP) is 0.899. The Balaban J connectivity index is 2.21. The maximum atomic E-state index is 11.9. The maximum Gasteiger partial charge on any atom is 0.227 e. The first kappa shape index (κ1) is 16.5. The number of hydrogen-bond acceptors (Lipinski definition) is 5. The standard InChI is InChI=1S/C14H25N3O3S/c1-11(2)9-17-12(8-15-14(17)21(3,19)20)10-16-6-4-13(18)5-7-16/h8,11,13,18H,4-7,9-10H2,1-3H3. The van der Waals surface area contributed by atoms with E-state index in [2.05, 4.69) is 23.7 Å². The third-order valence-corrected chi connectivity index (χ3v) is 4.71. The number of rotatable bonds is 5. The highest BCUT2D eigenvalue weighted by atomic mass is 32.2. The molecule has 1 aromatic heterocycles. The molecular weight excluding hydrogens is 290 g/mol. The number of aliphatic hydroxyl groups excluding tert-OH is 1. The summed E-state index contributed by atoms with van der Waals surface area (Å²) in [5, 5.41) is 9.71. The average Bonchev–Trinajstić information content (AvgIpc) is 2.74. The van der Waals surface area contributed by atoms with Gasteiger partial charge in [-0.05, 0) is 18.8 Å². The first-order chi connectivity index (χ1) is 9.77. The van der Waals surface area contributed by atoms with E-state index in [0.717, 1.165) is 31.6 Å². The fraction of sp³-hybridized carbons (Fsp3) is 0.786. The van der Waals surface area contributed by atoms with E-state index in [-0.39, 0.29) is 11.3 Å². The van der Waals surface area contributed by atoms with Gasteiger partial charge in [-0.2, -0.15) is 0 Å². The number of piperidine rings is 1. The monoisotopic (exact) mass is 315 g/mol. The molecule has 1 aliphatic rings. The number of aromatic nitrogens is 2. The summed E-state index contributed by atoms with van der Waals surface area (Å²) in [7, 11) is -3.31. The van der Waals surface area contributed by atoms with Crippen LogP contribution >= 0.6 is 0 Å². The molecule has 6 nitrogen and oxygen atoms in total. The van der Waals surface area contributed by atoms with Gasteiger partial charge in [-0.3, -0.25) is 4.90 Å². The third-order valence-electron chi connectivity index (χ3n) is 3.72. The van der Waals surface area contributed by atoms with Gasteiger partial charge in [0.25, 0.3) is 0 Å². The largest absolute Gasteiger partial charge is 0.393 e. The van der Waals surface area contributed by atoms with Crippen LogP contribution in [-0.4, -0.2) is 53.4 Å². The number of likely N-dealkylation sites (tertiary alicyclic amines) is 1. The normalized spacial score (nSPS) is 18.5. The van der Waals surface area contributed by atoms with Gasteiger partial charge in [0.1, 0.15) is 0 Å². The number of hydrogen-bond donors (Lipinski definition) is 1. The fourth-order valence-electron chi connectivity index (χ4n) is 2.68. The van der Waals surface area contributed by atoms with Gasteiger partial charge in [-0.25, -0.2) is 13.4 Å². The van der Waals surface area contributed by atoms with E-state index >= 15 is 0 Å². The van der Waals surface area contributed by atoms with E-state index in [9.17, 15) is 13.5 Å². The minimum atomic E-state index is -3.31. The summed E-state index contributed by atoms with van der Waals surface area (Å²) >= 11 is 0. The van der Waals surface area contributed by atoms with Crippen LogP contribution in [0.4, 0.5) is 0 Å². The SMILES string of the molecule is CC(C)Cn1c(CN2CCC(O)CC2)cnc1S(C)(=O)=O. The predicted molar refractivity (Wildman–Crippen MR) is 80.7 cm³/mol. The molecule has 0 amide bonds. The van der Waals surface area contributed by atoms with Crippen molar-refractivity contribution in [2.45, 2.75) is 51.0 Å². The van der Waals surface area contributed by atoms with E-state index < -0.39 is 9.84 Å². The molecule has 7 heteroatoms. The number of aliphatic hydroxyl groups is 1. The van der Waals surface area contributed by atoms with Gasteiger partial charge in [0.05, 0.1) is 18.0 Å². The Bertz CT molecular complexity index is 572. The maximum absolute atomic E-state index is 11.9. The highest BCUT2D eigenvalue weighted by Crippen LogP contribution is 2.18. The van der Waals surface area contributed by atoms with Crippen LogP contribution in [0.15, 0.2) is 11.4 Å². The number of sulfone groups is 1. The van der Waals surface area contributed by atoms with Crippen molar-refractivity contribution in [1.29, 1.82) is 0 Å². The molecule has 0 spiro atoms. The van der Waals surface area contributed by atoms with E-state index in [1.165, 1.54) is 6.26 Å². The summed E-state index contributed by atoms with van der Waals surface area (Å²) in [6, 6.07) is 0. The molecule has 0 radical (unpaired) electrons. The molecule has 1 aromatic rings. The smallest absolute Gasteiger partial charge is 0.227 e. The molecule has 2 heterocycles. The van der Waals surface area contributed by atoms with Crippen molar-refractivity contribution in [2.24, 2.45) is 5.92 Å². The molecule has 0 unspecified atom stereocenters. The summed E-state index contributed by atoms with van der Waals surface area (Å²) < 4.78 is 25.5.